The van der Waals surface area contributed by atoms with E-state index in [0.29, 0.717) is 11.5 Å². The summed E-state index contributed by atoms with van der Waals surface area (Å²) in [5.74, 6) is 0.351. The molecule has 7 heteroatoms. The van der Waals surface area contributed by atoms with Gasteiger partial charge >= 0.3 is 5.97 Å². The molecule has 0 N–H and O–H groups in total. The van der Waals surface area contributed by atoms with Crippen molar-refractivity contribution in [1.82, 2.24) is 15.2 Å². The van der Waals surface area contributed by atoms with Crippen LogP contribution in [0.25, 0.3) is 21.7 Å². The third kappa shape index (κ3) is 3.31. The van der Waals surface area contributed by atoms with Gasteiger partial charge in [-0.3, -0.25) is 4.98 Å². The first-order valence-corrected chi connectivity index (χ1v) is 10.6. The zero-order valence-electron chi connectivity index (χ0n) is 15.9. The predicted molar refractivity (Wildman–Crippen MR) is 110 cm³/mol. The number of rotatable bonds is 4. The van der Waals surface area contributed by atoms with Gasteiger partial charge in [-0.05, 0) is 55.7 Å². The maximum absolute atomic E-state index is 13.2. The summed E-state index contributed by atoms with van der Waals surface area (Å²) in [5, 5.41) is 10.9. The van der Waals surface area contributed by atoms with Gasteiger partial charge in [0.25, 0.3) is 11.8 Å². The first-order chi connectivity index (χ1) is 14.2. The average molecular weight is 405 g/mol. The SMILES string of the molecule is C[C@H](OC(=O)c1c2c(nc3ccccc13)CCCC2)c1nnc(-c2cccs2)o1. The Hall–Kier alpha value is -3.06. The van der Waals surface area contributed by atoms with Crippen LogP contribution >= 0.6 is 11.3 Å². The van der Waals surface area contributed by atoms with Gasteiger partial charge in [0.2, 0.25) is 0 Å². The van der Waals surface area contributed by atoms with Crippen LogP contribution in [0.3, 0.4) is 0 Å². The number of benzene rings is 1. The Morgan fingerprint density at radius 2 is 2.00 bits per heavy atom. The van der Waals surface area contributed by atoms with E-state index in [1.165, 1.54) is 11.3 Å². The van der Waals surface area contributed by atoms with Gasteiger partial charge in [-0.2, -0.15) is 0 Å². The lowest BCUT2D eigenvalue weighted by molar-refractivity contribution is 0.0280. The topological polar surface area (TPSA) is 78.1 Å². The van der Waals surface area contributed by atoms with Gasteiger partial charge in [-0.15, -0.1) is 21.5 Å². The summed E-state index contributed by atoms with van der Waals surface area (Å²) in [6, 6.07) is 11.6. The number of hydrogen-bond donors (Lipinski definition) is 0. The number of carbonyl (C=O) groups is 1. The van der Waals surface area contributed by atoms with E-state index in [0.717, 1.165) is 52.7 Å². The van der Waals surface area contributed by atoms with Crippen molar-refractivity contribution >= 4 is 28.2 Å². The molecule has 1 aliphatic carbocycles. The van der Waals surface area contributed by atoms with Crippen molar-refractivity contribution in [3.63, 3.8) is 0 Å². The molecule has 29 heavy (non-hydrogen) atoms. The molecule has 0 bridgehead atoms. The fourth-order valence-corrected chi connectivity index (χ4v) is 4.42. The molecule has 1 aromatic carbocycles. The third-order valence-corrected chi connectivity index (χ3v) is 6.04. The molecule has 3 heterocycles. The predicted octanol–water partition coefficient (Wildman–Crippen LogP) is 5.14. The Morgan fingerprint density at radius 1 is 1.14 bits per heavy atom. The number of hydrogen-bond acceptors (Lipinski definition) is 7. The molecular formula is C22H19N3O3S. The summed E-state index contributed by atoms with van der Waals surface area (Å²) in [4.78, 5) is 18.9. The molecule has 0 saturated carbocycles. The van der Waals surface area contributed by atoms with E-state index < -0.39 is 6.10 Å². The van der Waals surface area contributed by atoms with Crippen molar-refractivity contribution in [2.75, 3.05) is 0 Å². The van der Waals surface area contributed by atoms with Crippen LogP contribution < -0.4 is 0 Å². The summed E-state index contributed by atoms with van der Waals surface area (Å²) in [5.41, 5.74) is 3.46. The lowest BCUT2D eigenvalue weighted by Gasteiger charge is -2.20. The van der Waals surface area contributed by atoms with Crippen molar-refractivity contribution in [3.05, 3.63) is 64.5 Å². The molecular weight excluding hydrogens is 386 g/mol. The lowest BCUT2D eigenvalue weighted by Crippen LogP contribution is -2.17. The van der Waals surface area contributed by atoms with Gasteiger partial charge in [0.15, 0.2) is 6.10 Å². The summed E-state index contributed by atoms with van der Waals surface area (Å²) < 4.78 is 11.5. The number of aryl methyl sites for hydroxylation is 1. The lowest BCUT2D eigenvalue weighted by atomic mass is 9.90. The highest BCUT2D eigenvalue weighted by molar-refractivity contribution is 7.13. The number of ether oxygens (including phenoxy) is 1. The van der Waals surface area contributed by atoms with Gasteiger partial charge in [0.05, 0.1) is 16.0 Å². The maximum Gasteiger partial charge on any atom is 0.339 e. The molecule has 5 rings (SSSR count). The van der Waals surface area contributed by atoms with Gasteiger partial charge in [-0.25, -0.2) is 4.79 Å². The van der Waals surface area contributed by atoms with Crippen LogP contribution in [0, 0.1) is 0 Å². The largest absolute Gasteiger partial charge is 0.449 e. The second-order valence-electron chi connectivity index (χ2n) is 7.11. The van der Waals surface area contributed by atoms with Crippen molar-refractivity contribution in [2.45, 2.75) is 38.7 Å². The molecule has 0 radical (unpaired) electrons. The Morgan fingerprint density at radius 3 is 2.86 bits per heavy atom. The molecule has 1 aliphatic rings. The van der Waals surface area contributed by atoms with E-state index in [1.807, 2.05) is 41.8 Å². The number of esters is 1. The number of fused-ring (bicyclic) bond motifs is 2. The van der Waals surface area contributed by atoms with E-state index in [1.54, 1.807) is 6.92 Å². The highest BCUT2D eigenvalue weighted by Gasteiger charge is 2.26. The first kappa shape index (κ1) is 18.0. The Kier molecular flexibility index (Phi) is 4.60. The van der Waals surface area contributed by atoms with Crippen molar-refractivity contribution in [1.29, 1.82) is 0 Å². The smallest absolute Gasteiger partial charge is 0.339 e. The van der Waals surface area contributed by atoms with Gasteiger partial charge in [-0.1, -0.05) is 24.3 Å². The summed E-state index contributed by atoms with van der Waals surface area (Å²) >= 11 is 1.52. The summed E-state index contributed by atoms with van der Waals surface area (Å²) in [6.07, 6.45) is 3.24. The van der Waals surface area contributed by atoms with E-state index in [9.17, 15) is 4.79 Å². The minimum atomic E-state index is -0.644. The number of para-hydroxylation sites is 1. The number of carbonyl (C=O) groups excluding carboxylic acids is 1. The van der Waals surface area contributed by atoms with E-state index in [2.05, 4.69) is 10.2 Å². The molecule has 0 fully saturated rings. The summed E-state index contributed by atoms with van der Waals surface area (Å²) in [7, 11) is 0. The molecule has 0 spiro atoms. The minimum Gasteiger partial charge on any atom is -0.449 e. The Bertz CT molecular complexity index is 1180. The fraction of sp³-hybridized carbons (Fsp3) is 0.273. The molecule has 0 aliphatic heterocycles. The Balaban J connectivity index is 1.47. The highest BCUT2D eigenvalue weighted by Crippen LogP contribution is 2.31. The molecule has 0 saturated heterocycles. The standard InChI is InChI=1S/C22H19N3O3S/c1-13(20-24-25-21(28-20)18-11-6-12-29-18)27-22(26)19-14-7-2-4-9-16(14)23-17-10-5-3-8-15(17)19/h2,4,6-7,9,11-13H,3,5,8,10H2,1H3/t13-/m0/s1. The van der Waals surface area contributed by atoms with Crippen LogP contribution in [0.5, 0.6) is 0 Å². The van der Waals surface area contributed by atoms with Crippen molar-refractivity contribution in [3.8, 4) is 10.8 Å². The van der Waals surface area contributed by atoms with Crippen LogP contribution in [0.4, 0.5) is 0 Å². The molecule has 146 valence electrons. The van der Waals surface area contributed by atoms with Crippen molar-refractivity contribution < 1.29 is 13.9 Å². The molecule has 6 nitrogen and oxygen atoms in total. The van der Waals surface area contributed by atoms with E-state index in [4.69, 9.17) is 14.1 Å². The molecule has 3 aromatic heterocycles. The van der Waals surface area contributed by atoms with E-state index >= 15 is 0 Å². The van der Waals surface area contributed by atoms with Gasteiger partial charge in [0.1, 0.15) is 0 Å². The monoisotopic (exact) mass is 405 g/mol. The van der Waals surface area contributed by atoms with Gasteiger partial charge in [0, 0.05) is 11.1 Å². The average Bonchev–Trinajstić information content (AvgIpc) is 3.43. The minimum absolute atomic E-state index is 0.286. The van der Waals surface area contributed by atoms with Crippen LogP contribution in [-0.4, -0.2) is 21.2 Å². The maximum atomic E-state index is 13.2. The number of pyridine rings is 1. The third-order valence-electron chi connectivity index (χ3n) is 5.18. The van der Waals surface area contributed by atoms with Gasteiger partial charge < -0.3 is 9.15 Å². The Labute approximate surface area is 171 Å². The number of aromatic nitrogens is 3. The normalized spacial score (nSPS) is 14.5. The van der Waals surface area contributed by atoms with Crippen LogP contribution in [0.2, 0.25) is 0 Å². The first-order valence-electron chi connectivity index (χ1n) is 9.69. The zero-order valence-corrected chi connectivity index (χ0v) is 16.7. The van der Waals surface area contributed by atoms with E-state index in [-0.39, 0.29) is 11.9 Å². The molecule has 4 aromatic rings. The fourth-order valence-electron chi connectivity index (χ4n) is 3.77. The second-order valence-corrected chi connectivity index (χ2v) is 8.05. The van der Waals surface area contributed by atoms with Crippen LogP contribution in [0.15, 0.2) is 46.2 Å². The highest BCUT2D eigenvalue weighted by atomic mass is 32.1. The van der Waals surface area contributed by atoms with Crippen LogP contribution in [0.1, 0.15) is 53.4 Å². The number of thiophene rings is 1. The zero-order chi connectivity index (χ0) is 19.8. The molecule has 1 atom stereocenters. The summed E-state index contributed by atoms with van der Waals surface area (Å²) in [6.45, 7) is 1.75. The van der Waals surface area contributed by atoms with Crippen LogP contribution in [-0.2, 0) is 17.6 Å². The second kappa shape index (κ2) is 7.40. The quantitative estimate of drug-likeness (QED) is 0.437. The molecule has 0 unspecified atom stereocenters. The molecule has 0 amide bonds. The number of nitrogens with zero attached hydrogens (tertiary/aromatic N) is 3. The van der Waals surface area contributed by atoms with Crippen molar-refractivity contribution in [2.24, 2.45) is 0 Å².